The molecule has 0 saturated carbocycles. The maximum atomic E-state index is 13.3. The molecule has 19 heavy (non-hydrogen) atoms. The fourth-order valence-electron chi connectivity index (χ4n) is 2.05. The van der Waals surface area contributed by atoms with E-state index in [1.807, 2.05) is 13.8 Å². The number of aryl methyl sites for hydroxylation is 1. The van der Waals surface area contributed by atoms with Crippen LogP contribution in [-0.2, 0) is 17.7 Å². The Balaban J connectivity index is 2.52. The molecular formula is C14H18ClFN2O. The van der Waals surface area contributed by atoms with Crippen LogP contribution in [0.5, 0.6) is 0 Å². The summed E-state index contributed by atoms with van der Waals surface area (Å²) in [6, 6.07) is 4.65. The fourth-order valence-corrected chi connectivity index (χ4v) is 2.22. The van der Waals surface area contributed by atoms with Gasteiger partial charge in [-0.1, -0.05) is 0 Å². The SMILES string of the molecule is COC(C)(C)Cn1c(CCCl)nc2cc(F)ccc21. The maximum absolute atomic E-state index is 13.3. The molecule has 2 rings (SSSR count). The summed E-state index contributed by atoms with van der Waals surface area (Å²) in [4.78, 5) is 4.46. The van der Waals surface area contributed by atoms with Crippen LogP contribution in [0.2, 0.25) is 0 Å². The quantitative estimate of drug-likeness (QED) is 0.787. The number of halogens is 2. The summed E-state index contributed by atoms with van der Waals surface area (Å²) < 4.78 is 20.8. The van der Waals surface area contributed by atoms with Crippen molar-refractivity contribution in [1.29, 1.82) is 0 Å². The van der Waals surface area contributed by atoms with Gasteiger partial charge in [0.1, 0.15) is 11.6 Å². The molecule has 1 heterocycles. The van der Waals surface area contributed by atoms with Gasteiger partial charge in [-0.3, -0.25) is 0 Å². The Labute approximate surface area is 117 Å². The average molecular weight is 285 g/mol. The summed E-state index contributed by atoms with van der Waals surface area (Å²) in [6.45, 7) is 4.66. The first-order valence-corrected chi connectivity index (χ1v) is 6.76. The molecule has 1 aromatic heterocycles. The molecule has 0 spiro atoms. The highest BCUT2D eigenvalue weighted by molar-refractivity contribution is 6.17. The zero-order chi connectivity index (χ0) is 14.0. The van der Waals surface area contributed by atoms with Gasteiger partial charge < -0.3 is 9.30 Å². The lowest BCUT2D eigenvalue weighted by molar-refractivity contribution is 0.00846. The van der Waals surface area contributed by atoms with Crippen molar-refractivity contribution in [2.45, 2.75) is 32.4 Å². The van der Waals surface area contributed by atoms with Crippen LogP contribution in [-0.4, -0.2) is 28.1 Å². The first-order valence-electron chi connectivity index (χ1n) is 6.22. The van der Waals surface area contributed by atoms with Crippen LogP contribution < -0.4 is 0 Å². The molecule has 0 unspecified atom stereocenters. The van der Waals surface area contributed by atoms with Gasteiger partial charge in [-0.15, -0.1) is 11.6 Å². The van der Waals surface area contributed by atoms with Crippen molar-refractivity contribution < 1.29 is 9.13 Å². The Morgan fingerprint density at radius 3 is 2.79 bits per heavy atom. The van der Waals surface area contributed by atoms with Gasteiger partial charge in [0.2, 0.25) is 0 Å². The van der Waals surface area contributed by atoms with E-state index in [0.29, 0.717) is 24.4 Å². The highest BCUT2D eigenvalue weighted by Gasteiger charge is 2.21. The minimum Gasteiger partial charge on any atom is -0.377 e. The average Bonchev–Trinajstić information content (AvgIpc) is 2.67. The molecule has 0 bridgehead atoms. The number of alkyl halides is 1. The molecule has 0 fully saturated rings. The molecule has 2 aromatic rings. The van der Waals surface area contributed by atoms with Crippen molar-refractivity contribution in [3.8, 4) is 0 Å². The summed E-state index contributed by atoms with van der Waals surface area (Å²) in [5.41, 5.74) is 1.25. The molecule has 0 radical (unpaired) electrons. The first kappa shape index (κ1) is 14.3. The van der Waals surface area contributed by atoms with E-state index < -0.39 is 0 Å². The molecule has 0 amide bonds. The Hall–Kier alpha value is -1.13. The number of fused-ring (bicyclic) bond motifs is 1. The van der Waals surface area contributed by atoms with E-state index in [4.69, 9.17) is 16.3 Å². The fraction of sp³-hybridized carbons (Fsp3) is 0.500. The predicted molar refractivity (Wildman–Crippen MR) is 75.2 cm³/mol. The molecule has 0 N–H and O–H groups in total. The van der Waals surface area contributed by atoms with Crippen LogP contribution in [0.15, 0.2) is 18.2 Å². The Kier molecular flexibility index (Phi) is 4.11. The van der Waals surface area contributed by atoms with Crippen LogP contribution in [0.25, 0.3) is 11.0 Å². The summed E-state index contributed by atoms with van der Waals surface area (Å²) in [5.74, 6) is 1.07. The van der Waals surface area contributed by atoms with E-state index in [1.165, 1.54) is 12.1 Å². The monoisotopic (exact) mass is 284 g/mol. The van der Waals surface area contributed by atoms with Gasteiger partial charge in [-0.05, 0) is 26.0 Å². The van der Waals surface area contributed by atoms with E-state index >= 15 is 0 Å². The lowest BCUT2D eigenvalue weighted by atomic mass is 10.1. The van der Waals surface area contributed by atoms with Crippen molar-refractivity contribution in [2.75, 3.05) is 13.0 Å². The number of nitrogens with zero attached hydrogens (tertiary/aromatic N) is 2. The molecule has 104 valence electrons. The summed E-state index contributed by atoms with van der Waals surface area (Å²) in [5, 5.41) is 0. The van der Waals surface area contributed by atoms with Crippen molar-refractivity contribution in [3.63, 3.8) is 0 Å². The highest BCUT2D eigenvalue weighted by atomic mass is 35.5. The third-order valence-corrected chi connectivity index (χ3v) is 3.39. The summed E-state index contributed by atoms with van der Waals surface area (Å²) in [6.07, 6.45) is 0.650. The number of hydrogen-bond acceptors (Lipinski definition) is 2. The molecule has 0 aliphatic carbocycles. The van der Waals surface area contributed by atoms with E-state index in [9.17, 15) is 4.39 Å². The standard InChI is InChI=1S/C14H18ClFN2O/c1-14(2,19-3)9-18-12-5-4-10(16)8-11(12)17-13(18)6-7-15/h4-5,8H,6-7,9H2,1-3H3. The molecule has 5 heteroatoms. The van der Waals surface area contributed by atoms with Crippen molar-refractivity contribution in [3.05, 3.63) is 29.8 Å². The van der Waals surface area contributed by atoms with Crippen LogP contribution in [0.3, 0.4) is 0 Å². The van der Waals surface area contributed by atoms with Gasteiger partial charge >= 0.3 is 0 Å². The zero-order valence-electron chi connectivity index (χ0n) is 11.4. The van der Waals surface area contributed by atoms with Gasteiger partial charge in [0.05, 0.1) is 23.2 Å². The number of imidazole rings is 1. The third kappa shape index (κ3) is 3.07. The maximum Gasteiger partial charge on any atom is 0.125 e. The molecule has 1 aromatic carbocycles. The second-order valence-corrected chi connectivity index (χ2v) is 5.53. The number of aromatic nitrogens is 2. The molecule has 0 saturated heterocycles. The second-order valence-electron chi connectivity index (χ2n) is 5.15. The summed E-state index contributed by atoms with van der Waals surface area (Å²) >= 11 is 5.81. The van der Waals surface area contributed by atoms with E-state index in [-0.39, 0.29) is 11.4 Å². The van der Waals surface area contributed by atoms with Crippen molar-refractivity contribution >= 4 is 22.6 Å². The lowest BCUT2D eigenvalue weighted by Gasteiger charge is -2.24. The Bertz CT molecular complexity index is 580. The molecule has 0 aliphatic heterocycles. The minimum atomic E-state index is -0.316. The largest absolute Gasteiger partial charge is 0.377 e. The lowest BCUT2D eigenvalue weighted by Crippen LogP contribution is -2.29. The first-order chi connectivity index (χ1) is 8.96. The smallest absolute Gasteiger partial charge is 0.125 e. The zero-order valence-corrected chi connectivity index (χ0v) is 12.2. The number of benzene rings is 1. The van der Waals surface area contributed by atoms with Gasteiger partial charge in [0, 0.05) is 25.5 Å². The number of ether oxygens (including phenoxy) is 1. The highest BCUT2D eigenvalue weighted by Crippen LogP contribution is 2.22. The van der Waals surface area contributed by atoms with Gasteiger partial charge in [-0.25, -0.2) is 9.37 Å². The van der Waals surface area contributed by atoms with Crippen LogP contribution in [0.4, 0.5) is 4.39 Å². The Morgan fingerprint density at radius 1 is 1.42 bits per heavy atom. The number of rotatable bonds is 5. The minimum absolute atomic E-state index is 0.277. The Morgan fingerprint density at radius 2 is 2.16 bits per heavy atom. The van der Waals surface area contributed by atoms with Crippen molar-refractivity contribution in [2.24, 2.45) is 0 Å². The van der Waals surface area contributed by atoms with E-state index in [2.05, 4.69) is 9.55 Å². The molecular weight excluding hydrogens is 267 g/mol. The van der Waals surface area contributed by atoms with Gasteiger partial charge in [-0.2, -0.15) is 0 Å². The third-order valence-electron chi connectivity index (χ3n) is 3.20. The van der Waals surface area contributed by atoms with E-state index in [0.717, 1.165) is 11.3 Å². The van der Waals surface area contributed by atoms with E-state index in [1.54, 1.807) is 13.2 Å². The van der Waals surface area contributed by atoms with Crippen molar-refractivity contribution in [1.82, 2.24) is 9.55 Å². The predicted octanol–water partition coefficient (Wildman–Crippen LogP) is 3.38. The number of methoxy groups -OCH3 is 1. The normalized spacial score (nSPS) is 12.3. The second kappa shape index (κ2) is 5.47. The molecule has 0 atom stereocenters. The van der Waals surface area contributed by atoms with Crippen LogP contribution >= 0.6 is 11.6 Å². The molecule has 0 aliphatic rings. The van der Waals surface area contributed by atoms with Crippen LogP contribution in [0.1, 0.15) is 19.7 Å². The topological polar surface area (TPSA) is 27.1 Å². The van der Waals surface area contributed by atoms with Gasteiger partial charge in [0.15, 0.2) is 0 Å². The number of hydrogen-bond donors (Lipinski definition) is 0. The van der Waals surface area contributed by atoms with Crippen LogP contribution in [0, 0.1) is 5.82 Å². The summed E-state index contributed by atoms with van der Waals surface area (Å²) in [7, 11) is 1.68. The van der Waals surface area contributed by atoms with Gasteiger partial charge in [0.25, 0.3) is 0 Å². The molecule has 3 nitrogen and oxygen atoms in total.